The number of quaternary nitrogens is 1. The van der Waals surface area contributed by atoms with Crippen molar-refractivity contribution in [3.05, 3.63) is 59.4 Å². The molecule has 2 heterocycles. The number of rotatable bonds is 3. The molecule has 0 saturated carbocycles. The second kappa shape index (κ2) is 7.73. The van der Waals surface area contributed by atoms with Gasteiger partial charge in [0.2, 0.25) is 0 Å². The topological polar surface area (TPSA) is 32.6 Å². The van der Waals surface area contributed by atoms with Crippen molar-refractivity contribution in [3.63, 3.8) is 0 Å². The Hall–Kier alpha value is -1.69. The van der Waals surface area contributed by atoms with Gasteiger partial charge in [0.25, 0.3) is 0 Å². The monoisotopic (exact) mass is 347 g/mol. The van der Waals surface area contributed by atoms with E-state index in [1.807, 2.05) is 36.7 Å². The summed E-state index contributed by atoms with van der Waals surface area (Å²) in [4.78, 5) is 7.89. The number of hydrogen-bond donors (Lipinski definition) is 2. The van der Waals surface area contributed by atoms with Gasteiger partial charge in [-0.3, -0.25) is 4.98 Å². The Morgan fingerprint density at radius 2 is 1.78 bits per heavy atom. The van der Waals surface area contributed by atoms with Crippen LogP contribution in [0.15, 0.2) is 48.8 Å². The van der Waals surface area contributed by atoms with Crippen molar-refractivity contribution in [1.29, 1.82) is 0 Å². The molecular formula is C17H20ClN4S+. The molecule has 2 N–H and O–H groups in total. The number of thiocarbonyl (C=S) groups is 1. The van der Waals surface area contributed by atoms with Gasteiger partial charge in [0.1, 0.15) is 6.54 Å². The second-order valence-corrected chi connectivity index (χ2v) is 6.53. The Morgan fingerprint density at radius 3 is 2.43 bits per heavy atom. The second-order valence-electron chi connectivity index (χ2n) is 5.71. The van der Waals surface area contributed by atoms with E-state index in [1.54, 1.807) is 4.90 Å². The van der Waals surface area contributed by atoms with Crippen molar-refractivity contribution >= 4 is 34.6 Å². The summed E-state index contributed by atoms with van der Waals surface area (Å²) in [7, 11) is 0. The number of hydrogen-bond acceptors (Lipinski definition) is 2. The van der Waals surface area contributed by atoms with Crippen molar-refractivity contribution in [1.82, 2.24) is 9.88 Å². The number of piperazine rings is 1. The smallest absolute Gasteiger partial charge is 0.173 e. The van der Waals surface area contributed by atoms with Gasteiger partial charge in [0.15, 0.2) is 5.11 Å². The van der Waals surface area contributed by atoms with Gasteiger partial charge in [-0.1, -0.05) is 11.6 Å². The van der Waals surface area contributed by atoms with E-state index in [0.717, 1.165) is 48.5 Å². The lowest BCUT2D eigenvalue weighted by Crippen LogP contribution is -3.13. The highest BCUT2D eigenvalue weighted by atomic mass is 35.5. The third kappa shape index (κ3) is 4.64. The summed E-state index contributed by atoms with van der Waals surface area (Å²) >= 11 is 11.4. The van der Waals surface area contributed by atoms with Crippen LogP contribution in [-0.4, -0.2) is 41.2 Å². The molecule has 0 spiro atoms. The molecule has 0 unspecified atom stereocenters. The van der Waals surface area contributed by atoms with Gasteiger partial charge in [0, 0.05) is 28.7 Å². The Kier molecular flexibility index (Phi) is 5.43. The zero-order valence-corrected chi connectivity index (χ0v) is 14.4. The number of benzene rings is 1. The quantitative estimate of drug-likeness (QED) is 0.830. The molecule has 1 aliphatic rings. The Balaban J connectivity index is 1.48. The number of halogens is 1. The van der Waals surface area contributed by atoms with Crippen LogP contribution < -0.4 is 10.2 Å². The average Bonchev–Trinajstić information content (AvgIpc) is 2.58. The van der Waals surface area contributed by atoms with Crippen LogP contribution in [0.25, 0.3) is 0 Å². The maximum Gasteiger partial charge on any atom is 0.173 e. The molecular weight excluding hydrogens is 328 g/mol. The predicted molar refractivity (Wildman–Crippen MR) is 97.9 cm³/mol. The molecule has 6 heteroatoms. The van der Waals surface area contributed by atoms with Crippen molar-refractivity contribution in [2.45, 2.75) is 6.54 Å². The number of pyridine rings is 1. The van der Waals surface area contributed by atoms with Gasteiger partial charge < -0.3 is 15.1 Å². The van der Waals surface area contributed by atoms with Crippen LogP contribution in [0, 0.1) is 0 Å². The standard InChI is InChI=1S/C17H19ClN4S/c18-15-1-3-16(4-2-15)20-17(23)22-11-9-21(10-12-22)13-14-5-7-19-8-6-14/h1-8H,9-13H2,(H,20,23)/p+1. The molecule has 0 aliphatic carbocycles. The number of aromatic nitrogens is 1. The van der Waals surface area contributed by atoms with Gasteiger partial charge in [-0.2, -0.15) is 0 Å². The molecule has 1 fully saturated rings. The summed E-state index contributed by atoms with van der Waals surface area (Å²) in [6, 6.07) is 11.8. The third-order valence-corrected chi connectivity index (χ3v) is 4.67. The van der Waals surface area contributed by atoms with Crippen LogP contribution in [0.5, 0.6) is 0 Å². The summed E-state index contributed by atoms with van der Waals surface area (Å²) < 4.78 is 0. The van der Waals surface area contributed by atoms with Gasteiger partial charge >= 0.3 is 0 Å². The lowest BCUT2D eigenvalue weighted by atomic mass is 10.2. The summed E-state index contributed by atoms with van der Waals surface area (Å²) in [5.74, 6) is 0. The zero-order chi connectivity index (χ0) is 16.1. The highest BCUT2D eigenvalue weighted by Gasteiger charge is 2.21. The first-order chi connectivity index (χ1) is 11.2. The highest BCUT2D eigenvalue weighted by Crippen LogP contribution is 2.14. The molecule has 0 radical (unpaired) electrons. The fourth-order valence-electron chi connectivity index (χ4n) is 2.73. The molecule has 0 bridgehead atoms. The summed E-state index contributed by atoms with van der Waals surface area (Å²) in [5.41, 5.74) is 2.32. The molecule has 120 valence electrons. The Morgan fingerprint density at radius 1 is 1.13 bits per heavy atom. The largest absolute Gasteiger partial charge is 0.338 e. The van der Waals surface area contributed by atoms with Gasteiger partial charge in [-0.05, 0) is 48.6 Å². The van der Waals surface area contributed by atoms with E-state index in [9.17, 15) is 0 Å². The maximum atomic E-state index is 5.90. The summed E-state index contributed by atoms with van der Waals surface area (Å²) in [6.45, 7) is 5.17. The van der Waals surface area contributed by atoms with E-state index in [-0.39, 0.29) is 0 Å². The van der Waals surface area contributed by atoms with Crippen molar-refractivity contribution in [2.24, 2.45) is 0 Å². The number of nitrogens with zero attached hydrogens (tertiary/aromatic N) is 2. The third-order valence-electron chi connectivity index (χ3n) is 4.06. The van der Waals surface area contributed by atoms with Crippen LogP contribution in [0.3, 0.4) is 0 Å². The zero-order valence-electron chi connectivity index (χ0n) is 12.8. The van der Waals surface area contributed by atoms with Crippen LogP contribution in [-0.2, 0) is 6.54 Å². The van der Waals surface area contributed by atoms with Crippen LogP contribution in [0.2, 0.25) is 5.02 Å². The van der Waals surface area contributed by atoms with Crippen LogP contribution in [0.4, 0.5) is 5.69 Å². The normalized spacial score (nSPS) is 15.4. The molecule has 3 rings (SSSR count). The predicted octanol–water partition coefficient (Wildman–Crippen LogP) is 1.83. The molecule has 0 atom stereocenters. The SMILES string of the molecule is S=C(Nc1ccc(Cl)cc1)N1CC[NH+](Cc2ccncc2)CC1. The molecule has 1 aliphatic heterocycles. The van der Waals surface area contributed by atoms with Crippen molar-refractivity contribution in [3.8, 4) is 0 Å². The molecule has 1 aromatic heterocycles. The molecule has 4 nitrogen and oxygen atoms in total. The maximum absolute atomic E-state index is 5.90. The first-order valence-electron chi connectivity index (χ1n) is 7.75. The highest BCUT2D eigenvalue weighted by molar-refractivity contribution is 7.80. The summed E-state index contributed by atoms with van der Waals surface area (Å²) in [5, 5.41) is 4.80. The minimum atomic E-state index is 0.731. The lowest BCUT2D eigenvalue weighted by Gasteiger charge is -2.33. The van der Waals surface area contributed by atoms with E-state index in [2.05, 4.69) is 27.3 Å². The van der Waals surface area contributed by atoms with E-state index in [0.29, 0.717) is 0 Å². The fraction of sp³-hybridized carbons (Fsp3) is 0.294. The summed E-state index contributed by atoms with van der Waals surface area (Å²) in [6.07, 6.45) is 3.71. The molecule has 0 amide bonds. The van der Waals surface area contributed by atoms with Gasteiger partial charge in [-0.15, -0.1) is 0 Å². The lowest BCUT2D eigenvalue weighted by molar-refractivity contribution is -0.917. The number of nitrogens with one attached hydrogen (secondary N) is 2. The van der Waals surface area contributed by atoms with E-state index in [1.165, 1.54) is 5.56 Å². The van der Waals surface area contributed by atoms with Gasteiger partial charge in [-0.25, -0.2) is 0 Å². The molecule has 2 aromatic rings. The first kappa shape index (κ1) is 16.2. The Labute approximate surface area is 147 Å². The van der Waals surface area contributed by atoms with E-state index < -0.39 is 0 Å². The molecule has 23 heavy (non-hydrogen) atoms. The van der Waals surface area contributed by atoms with E-state index >= 15 is 0 Å². The first-order valence-corrected chi connectivity index (χ1v) is 8.53. The van der Waals surface area contributed by atoms with Crippen LogP contribution >= 0.6 is 23.8 Å². The molecule has 1 aromatic carbocycles. The van der Waals surface area contributed by atoms with E-state index in [4.69, 9.17) is 23.8 Å². The minimum Gasteiger partial charge on any atom is -0.338 e. The van der Waals surface area contributed by atoms with Gasteiger partial charge in [0.05, 0.1) is 26.2 Å². The average molecular weight is 348 g/mol. The van der Waals surface area contributed by atoms with Crippen molar-refractivity contribution < 1.29 is 4.90 Å². The van der Waals surface area contributed by atoms with Crippen LogP contribution in [0.1, 0.15) is 5.56 Å². The minimum absolute atomic E-state index is 0.731. The number of anilines is 1. The molecule has 1 saturated heterocycles. The Bertz CT molecular complexity index is 639. The fourth-order valence-corrected chi connectivity index (χ4v) is 3.15. The van der Waals surface area contributed by atoms with Crippen molar-refractivity contribution in [2.75, 3.05) is 31.5 Å².